The van der Waals surface area contributed by atoms with Gasteiger partial charge in [0.25, 0.3) is 0 Å². The predicted molar refractivity (Wildman–Crippen MR) is 101 cm³/mol. The Morgan fingerprint density at radius 1 is 1.07 bits per heavy atom. The molecule has 4 heteroatoms. The van der Waals surface area contributed by atoms with Gasteiger partial charge in [-0.1, -0.05) is 66.7 Å². The Morgan fingerprint density at radius 3 is 2.67 bits per heavy atom. The Balaban J connectivity index is 1.64. The first-order valence-corrected chi connectivity index (χ1v) is 9.22. The van der Waals surface area contributed by atoms with Gasteiger partial charge in [0, 0.05) is 5.92 Å². The number of hydrogen-bond acceptors (Lipinski definition) is 3. The molecule has 1 N–H and O–H groups in total. The van der Waals surface area contributed by atoms with Crippen LogP contribution < -0.4 is 0 Å². The molecule has 0 amide bonds. The number of carboxylic acid groups (broad SMARTS) is 1. The molecule has 0 spiro atoms. The molecule has 136 valence electrons. The molecule has 0 saturated carbocycles. The average Bonchev–Trinajstić information content (AvgIpc) is 3.30. The average molecular weight is 360 g/mol. The fraction of sp³-hybridized carbons (Fsp3) is 0.261. The van der Waals surface area contributed by atoms with Gasteiger partial charge in [0.2, 0.25) is 0 Å². The van der Waals surface area contributed by atoms with Crippen LogP contribution in [0.15, 0.2) is 72.8 Å². The monoisotopic (exact) mass is 360 g/mol. The first-order chi connectivity index (χ1) is 13.2. The summed E-state index contributed by atoms with van der Waals surface area (Å²) in [4.78, 5) is 12.1. The van der Waals surface area contributed by atoms with Gasteiger partial charge < -0.3 is 14.6 Å². The third-order valence-electron chi connectivity index (χ3n) is 6.01. The molecule has 3 aliphatic rings. The third kappa shape index (κ3) is 2.41. The molecule has 5 rings (SSSR count). The maximum absolute atomic E-state index is 12.1. The lowest BCUT2D eigenvalue weighted by molar-refractivity contribution is -0.144. The van der Waals surface area contributed by atoms with E-state index in [0.717, 1.165) is 22.3 Å². The summed E-state index contributed by atoms with van der Waals surface area (Å²) in [6.07, 6.45) is 6.21. The van der Waals surface area contributed by atoms with Gasteiger partial charge in [-0.15, -0.1) is 0 Å². The number of fused-ring (bicyclic) bond motifs is 2. The number of allylic oxidation sites excluding steroid dienone is 2. The second-order valence-corrected chi connectivity index (χ2v) is 7.33. The minimum Gasteiger partial charge on any atom is -0.481 e. The number of benzene rings is 2. The molecule has 1 heterocycles. The highest BCUT2D eigenvalue weighted by molar-refractivity contribution is 5.78. The van der Waals surface area contributed by atoms with Crippen LogP contribution >= 0.6 is 0 Å². The molecule has 4 unspecified atom stereocenters. The van der Waals surface area contributed by atoms with Crippen molar-refractivity contribution in [1.82, 2.24) is 0 Å². The largest absolute Gasteiger partial charge is 0.481 e. The maximum Gasteiger partial charge on any atom is 0.307 e. The van der Waals surface area contributed by atoms with Crippen LogP contribution in [0.1, 0.15) is 22.6 Å². The number of rotatable bonds is 3. The lowest BCUT2D eigenvalue weighted by Crippen LogP contribution is -2.48. The van der Waals surface area contributed by atoms with Gasteiger partial charge in [-0.3, -0.25) is 4.79 Å². The molecule has 2 aromatic carbocycles. The number of ether oxygens (including phenoxy) is 2. The van der Waals surface area contributed by atoms with Gasteiger partial charge in [-0.25, -0.2) is 0 Å². The summed E-state index contributed by atoms with van der Waals surface area (Å²) >= 11 is 0. The molecular formula is C23H20O4. The van der Waals surface area contributed by atoms with E-state index in [0.29, 0.717) is 6.42 Å². The predicted octanol–water partition coefficient (Wildman–Crippen LogP) is 3.79. The molecule has 0 radical (unpaired) electrons. The van der Waals surface area contributed by atoms with Gasteiger partial charge in [0.05, 0.1) is 5.92 Å². The van der Waals surface area contributed by atoms with Crippen molar-refractivity contribution in [3.63, 3.8) is 0 Å². The van der Waals surface area contributed by atoms with Crippen molar-refractivity contribution >= 4 is 11.5 Å². The Morgan fingerprint density at radius 2 is 1.85 bits per heavy atom. The molecule has 27 heavy (non-hydrogen) atoms. The Kier molecular flexibility index (Phi) is 3.78. The first-order valence-electron chi connectivity index (χ1n) is 9.22. The number of hydrogen-bond donors (Lipinski definition) is 1. The van der Waals surface area contributed by atoms with Gasteiger partial charge in [0.15, 0.2) is 0 Å². The van der Waals surface area contributed by atoms with Crippen molar-refractivity contribution in [2.75, 3.05) is 6.79 Å². The smallest absolute Gasteiger partial charge is 0.307 e. The maximum atomic E-state index is 12.1. The van der Waals surface area contributed by atoms with E-state index < -0.39 is 17.5 Å². The SMILES string of the molecule is O=C(O)C1Cc2ccccc2C1C12C=CC=C(c3ccccc3)C1OCO2. The fourth-order valence-electron chi connectivity index (χ4n) is 4.89. The summed E-state index contributed by atoms with van der Waals surface area (Å²) in [5, 5.41) is 9.95. The van der Waals surface area contributed by atoms with Crippen LogP contribution in [0, 0.1) is 5.92 Å². The minimum atomic E-state index is -0.810. The van der Waals surface area contributed by atoms with Crippen LogP contribution in [0.5, 0.6) is 0 Å². The highest BCUT2D eigenvalue weighted by atomic mass is 16.7. The Labute approximate surface area is 157 Å². The molecule has 4 nitrogen and oxygen atoms in total. The van der Waals surface area contributed by atoms with Gasteiger partial charge in [-0.05, 0) is 34.8 Å². The highest BCUT2D eigenvalue weighted by Gasteiger charge is 2.58. The van der Waals surface area contributed by atoms with E-state index in [1.807, 2.05) is 60.7 Å². The van der Waals surface area contributed by atoms with Crippen LogP contribution in [-0.4, -0.2) is 29.6 Å². The second-order valence-electron chi connectivity index (χ2n) is 7.33. The van der Waals surface area contributed by atoms with E-state index in [1.165, 1.54) is 0 Å². The molecule has 1 saturated heterocycles. The van der Waals surface area contributed by atoms with E-state index in [9.17, 15) is 9.90 Å². The zero-order chi connectivity index (χ0) is 18.4. The van der Waals surface area contributed by atoms with Gasteiger partial charge in [-0.2, -0.15) is 0 Å². The van der Waals surface area contributed by atoms with Crippen LogP contribution in [0.2, 0.25) is 0 Å². The summed E-state index contributed by atoms with van der Waals surface area (Å²) in [6.45, 7) is 0.157. The second kappa shape index (κ2) is 6.19. The molecule has 0 aromatic heterocycles. The van der Waals surface area contributed by atoms with Gasteiger partial charge >= 0.3 is 5.97 Å². The Bertz CT molecular complexity index is 946. The first kappa shape index (κ1) is 16.5. The molecule has 4 atom stereocenters. The topological polar surface area (TPSA) is 55.8 Å². The number of aliphatic carboxylic acids is 1. The summed E-state index contributed by atoms with van der Waals surface area (Å²) in [6, 6.07) is 18.1. The van der Waals surface area contributed by atoms with Crippen LogP contribution in [0.4, 0.5) is 0 Å². The van der Waals surface area contributed by atoms with Gasteiger partial charge in [0.1, 0.15) is 18.5 Å². The summed E-state index contributed by atoms with van der Waals surface area (Å²) in [5.41, 5.74) is 3.43. The van der Waals surface area contributed by atoms with E-state index >= 15 is 0 Å². The lowest BCUT2D eigenvalue weighted by atomic mass is 9.70. The summed E-state index contributed by atoms with van der Waals surface area (Å²) < 4.78 is 12.3. The molecule has 1 fully saturated rings. The summed E-state index contributed by atoms with van der Waals surface area (Å²) in [7, 11) is 0. The fourth-order valence-corrected chi connectivity index (χ4v) is 4.89. The highest BCUT2D eigenvalue weighted by Crippen LogP contribution is 2.54. The quantitative estimate of drug-likeness (QED) is 0.905. The summed E-state index contributed by atoms with van der Waals surface area (Å²) in [5.74, 6) is -1.61. The van der Waals surface area contributed by atoms with E-state index in [4.69, 9.17) is 9.47 Å². The lowest BCUT2D eigenvalue weighted by Gasteiger charge is -2.40. The van der Waals surface area contributed by atoms with E-state index in [-0.39, 0.29) is 18.8 Å². The van der Waals surface area contributed by atoms with Crippen molar-refractivity contribution in [2.45, 2.75) is 24.0 Å². The minimum absolute atomic E-state index is 0.157. The molecule has 2 aromatic rings. The van der Waals surface area contributed by atoms with Crippen LogP contribution in [0.3, 0.4) is 0 Å². The van der Waals surface area contributed by atoms with Crippen LogP contribution in [-0.2, 0) is 20.7 Å². The molecular weight excluding hydrogens is 340 g/mol. The zero-order valence-corrected chi connectivity index (χ0v) is 14.7. The van der Waals surface area contributed by atoms with E-state index in [2.05, 4.69) is 12.1 Å². The standard InChI is InChI=1S/C23H20O4/c24-22(25)19-13-16-9-4-5-10-17(16)20(19)23-12-6-11-18(21(23)26-14-27-23)15-7-2-1-3-8-15/h1-12,19-21H,13-14H2,(H,24,25). The van der Waals surface area contributed by atoms with Crippen LogP contribution in [0.25, 0.3) is 5.57 Å². The molecule has 1 aliphatic heterocycles. The van der Waals surface area contributed by atoms with Crippen molar-refractivity contribution in [2.24, 2.45) is 5.92 Å². The van der Waals surface area contributed by atoms with Crippen molar-refractivity contribution < 1.29 is 19.4 Å². The van der Waals surface area contributed by atoms with Crippen molar-refractivity contribution in [3.05, 3.63) is 89.5 Å². The van der Waals surface area contributed by atoms with E-state index in [1.54, 1.807) is 0 Å². The molecule has 0 bridgehead atoms. The zero-order valence-electron chi connectivity index (χ0n) is 14.7. The normalized spacial score (nSPS) is 31.3. The number of carbonyl (C=O) groups is 1. The van der Waals surface area contributed by atoms with Crippen molar-refractivity contribution in [3.8, 4) is 0 Å². The van der Waals surface area contributed by atoms with Crippen molar-refractivity contribution in [1.29, 1.82) is 0 Å². The Hall–Kier alpha value is -2.69. The third-order valence-corrected chi connectivity index (χ3v) is 6.01. The number of carboxylic acids is 1. The molecule has 2 aliphatic carbocycles.